The zero-order chi connectivity index (χ0) is 26.8. The van der Waals surface area contributed by atoms with Gasteiger partial charge in [-0.1, -0.05) is 53.7 Å². The summed E-state index contributed by atoms with van der Waals surface area (Å²) in [6.45, 7) is 15.7. The van der Waals surface area contributed by atoms with E-state index in [1.54, 1.807) is 23.1 Å². The lowest BCUT2D eigenvalue weighted by Crippen LogP contribution is -2.50. The van der Waals surface area contributed by atoms with E-state index in [1.165, 1.54) is 18.2 Å². The van der Waals surface area contributed by atoms with Crippen LogP contribution in [-0.4, -0.2) is 37.3 Å². The third-order valence-corrected chi connectivity index (χ3v) is 14.0. The van der Waals surface area contributed by atoms with E-state index < -0.39 is 25.6 Å². The number of amides is 1. The third kappa shape index (κ3) is 5.67. The normalized spacial score (nSPS) is 16.2. The van der Waals surface area contributed by atoms with Gasteiger partial charge in [-0.05, 0) is 71.3 Å². The van der Waals surface area contributed by atoms with Gasteiger partial charge in [0.15, 0.2) is 0 Å². The van der Waals surface area contributed by atoms with Crippen molar-refractivity contribution in [1.29, 1.82) is 0 Å². The molecule has 0 spiro atoms. The molecular formula is C29H41F2NO3Si. The van der Waals surface area contributed by atoms with E-state index in [0.29, 0.717) is 59.4 Å². The van der Waals surface area contributed by atoms with Gasteiger partial charge in [0.2, 0.25) is 5.91 Å². The zero-order valence-corrected chi connectivity index (χ0v) is 23.7. The molecule has 1 N–H and O–H groups in total. The lowest BCUT2D eigenvalue weighted by atomic mass is 9.84. The smallest absolute Gasteiger partial charge is 0.258 e. The van der Waals surface area contributed by atoms with Crippen LogP contribution in [0.2, 0.25) is 16.6 Å². The Bertz CT molecular complexity index is 1060. The van der Waals surface area contributed by atoms with Gasteiger partial charge in [0.05, 0.1) is 12.0 Å². The summed E-state index contributed by atoms with van der Waals surface area (Å²) in [5, 5.41) is 11.0. The van der Waals surface area contributed by atoms with Crippen LogP contribution < -0.4 is 4.43 Å². The van der Waals surface area contributed by atoms with Crippen LogP contribution in [0.3, 0.4) is 0 Å². The molecule has 0 aromatic heterocycles. The van der Waals surface area contributed by atoms with Gasteiger partial charge in [-0.3, -0.25) is 4.79 Å². The Balaban J connectivity index is 1.72. The summed E-state index contributed by atoms with van der Waals surface area (Å²) in [5.74, 6) is -0.438. The van der Waals surface area contributed by atoms with Crippen molar-refractivity contribution in [3.05, 3.63) is 64.7 Å². The number of piperidine rings is 1. The minimum absolute atomic E-state index is 0.0491. The SMILES string of the molecule is Cc1cc(CC(=O)N2CCC(O)(c3cccc(F)c3)CC2)c(F)cc1O[Si](C(C)C)(C(C)C)C(C)C. The van der Waals surface area contributed by atoms with Crippen molar-refractivity contribution in [2.45, 2.75) is 90.0 Å². The average Bonchev–Trinajstić information content (AvgIpc) is 2.80. The summed E-state index contributed by atoms with van der Waals surface area (Å²) >= 11 is 0. The summed E-state index contributed by atoms with van der Waals surface area (Å²) < 4.78 is 35.5. The fraction of sp³-hybridized carbons (Fsp3) is 0.552. The van der Waals surface area contributed by atoms with Crippen LogP contribution in [0.15, 0.2) is 36.4 Å². The maximum Gasteiger partial charge on any atom is 0.258 e. The Labute approximate surface area is 215 Å². The predicted octanol–water partition coefficient (Wildman–Crippen LogP) is 6.88. The van der Waals surface area contributed by atoms with Crippen LogP contribution in [0, 0.1) is 18.6 Å². The first kappa shape index (κ1) is 28.3. The second-order valence-electron chi connectivity index (χ2n) is 11.2. The van der Waals surface area contributed by atoms with E-state index in [-0.39, 0.29) is 12.3 Å². The van der Waals surface area contributed by atoms with Gasteiger partial charge in [0, 0.05) is 19.2 Å². The number of benzene rings is 2. The summed E-state index contributed by atoms with van der Waals surface area (Å²) in [5.41, 5.74) is 1.64. The number of carbonyl (C=O) groups excluding carboxylic acids is 1. The lowest BCUT2D eigenvalue weighted by molar-refractivity contribution is -0.135. The molecule has 1 amide bonds. The van der Waals surface area contributed by atoms with Crippen molar-refractivity contribution in [2.24, 2.45) is 0 Å². The molecule has 0 saturated carbocycles. The number of hydrogen-bond acceptors (Lipinski definition) is 3. The highest BCUT2D eigenvalue weighted by Gasteiger charge is 2.47. The largest absolute Gasteiger partial charge is 0.542 e. The minimum Gasteiger partial charge on any atom is -0.542 e. The molecule has 0 unspecified atom stereocenters. The molecular weight excluding hydrogens is 476 g/mol. The molecule has 1 aliphatic rings. The number of aryl methyl sites for hydroxylation is 1. The standard InChI is InChI=1S/C29H41F2NO3Si/c1-19(2)36(20(3)4,21(5)6)35-27-18-26(31)23(15-22(27)7)16-28(33)32-13-11-29(34,12-14-32)24-9-8-10-25(30)17-24/h8-10,15,17-21,34H,11-14,16H2,1-7H3. The Kier molecular flexibility index (Phi) is 8.66. The number of aliphatic hydroxyl groups is 1. The fourth-order valence-corrected chi connectivity index (χ4v) is 11.3. The van der Waals surface area contributed by atoms with E-state index in [2.05, 4.69) is 41.5 Å². The molecule has 1 fully saturated rings. The number of likely N-dealkylation sites (tertiary alicyclic amines) is 1. The minimum atomic E-state index is -2.23. The maximum atomic E-state index is 15.2. The first-order valence-electron chi connectivity index (χ1n) is 13.0. The quantitative estimate of drug-likeness (QED) is 0.388. The van der Waals surface area contributed by atoms with Crippen molar-refractivity contribution in [2.75, 3.05) is 13.1 Å². The van der Waals surface area contributed by atoms with E-state index in [4.69, 9.17) is 4.43 Å². The van der Waals surface area contributed by atoms with Crippen molar-refractivity contribution < 1.29 is 23.1 Å². The number of carbonyl (C=O) groups is 1. The van der Waals surface area contributed by atoms with Crippen molar-refractivity contribution in [3.63, 3.8) is 0 Å². The Hall–Kier alpha value is -2.25. The van der Waals surface area contributed by atoms with E-state index >= 15 is 4.39 Å². The van der Waals surface area contributed by atoms with Crippen LogP contribution in [0.5, 0.6) is 5.75 Å². The molecule has 2 aromatic carbocycles. The average molecular weight is 518 g/mol. The number of rotatable bonds is 8. The molecule has 1 heterocycles. The lowest BCUT2D eigenvalue weighted by Gasteiger charge is -2.42. The van der Waals surface area contributed by atoms with Crippen LogP contribution >= 0.6 is 0 Å². The molecule has 2 aromatic rings. The third-order valence-electron chi connectivity index (χ3n) is 7.98. The summed E-state index contributed by atoms with van der Waals surface area (Å²) in [6, 6.07) is 9.15. The molecule has 7 heteroatoms. The summed E-state index contributed by atoms with van der Waals surface area (Å²) in [4.78, 5) is 14.7. The van der Waals surface area contributed by atoms with Gasteiger partial charge in [-0.2, -0.15) is 0 Å². The van der Waals surface area contributed by atoms with Gasteiger partial charge >= 0.3 is 0 Å². The van der Waals surface area contributed by atoms with Gasteiger partial charge in [-0.25, -0.2) is 8.78 Å². The zero-order valence-electron chi connectivity index (χ0n) is 22.7. The topological polar surface area (TPSA) is 49.8 Å². The maximum absolute atomic E-state index is 15.2. The van der Waals surface area contributed by atoms with Gasteiger partial charge in [0.1, 0.15) is 17.4 Å². The number of hydrogen-bond donors (Lipinski definition) is 1. The predicted molar refractivity (Wildman–Crippen MR) is 143 cm³/mol. The van der Waals surface area contributed by atoms with Gasteiger partial charge in [-0.15, -0.1) is 0 Å². The van der Waals surface area contributed by atoms with Crippen molar-refractivity contribution in [3.8, 4) is 5.75 Å². The summed E-state index contributed by atoms with van der Waals surface area (Å²) in [7, 11) is -2.23. The number of halogens is 2. The fourth-order valence-electron chi connectivity index (χ4n) is 5.98. The van der Waals surface area contributed by atoms with Gasteiger partial charge < -0.3 is 14.4 Å². The Morgan fingerprint density at radius 3 is 2.14 bits per heavy atom. The molecule has 1 aliphatic heterocycles. The molecule has 0 atom stereocenters. The van der Waals surface area contributed by atoms with Crippen LogP contribution in [0.4, 0.5) is 8.78 Å². The monoisotopic (exact) mass is 517 g/mol. The van der Waals surface area contributed by atoms with E-state index in [1.807, 2.05) is 6.92 Å². The molecule has 0 bridgehead atoms. The van der Waals surface area contributed by atoms with E-state index in [0.717, 1.165) is 5.56 Å². The van der Waals surface area contributed by atoms with Crippen LogP contribution in [-0.2, 0) is 16.8 Å². The second kappa shape index (κ2) is 11.0. The van der Waals surface area contributed by atoms with Crippen LogP contribution in [0.1, 0.15) is 71.1 Å². The molecule has 3 rings (SSSR count). The molecule has 198 valence electrons. The number of nitrogens with zero attached hydrogens (tertiary/aromatic N) is 1. The summed E-state index contributed by atoms with van der Waals surface area (Å²) in [6.07, 6.45) is 0.568. The first-order valence-corrected chi connectivity index (χ1v) is 15.2. The highest BCUT2D eigenvalue weighted by molar-refractivity contribution is 6.78. The highest BCUT2D eigenvalue weighted by atomic mass is 28.4. The second-order valence-corrected chi connectivity index (χ2v) is 16.6. The molecule has 1 saturated heterocycles. The Morgan fingerprint density at radius 2 is 1.61 bits per heavy atom. The van der Waals surface area contributed by atoms with Crippen molar-refractivity contribution >= 4 is 14.2 Å². The Morgan fingerprint density at radius 1 is 1.03 bits per heavy atom. The van der Waals surface area contributed by atoms with Gasteiger partial charge in [0.25, 0.3) is 8.32 Å². The van der Waals surface area contributed by atoms with E-state index in [9.17, 15) is 14.3 Å². The van der Waals surface area contributed by atoms with Crippen molar-refractivity contribution in [1.82, 2.24) is 4.90 Å². The molecule has 4 nitrogen and oxygen atoms in total. The molecule has 0 aliphatic carbocycles. The molecule has 36 heavy (non-hydrogen) atoms. The highest BCUT2D eigenvalue weighted by Crippen LogP contribution is 2.43. The first-order chi connectivity index (χ1) is 16.8. The van der Waals surface area contributed by atoms with Crippen LogP contribution in [0.25, 0.3) is 0 Å². The molecule has 0 radical (unpaired) electrons.